The Morgan fingerprint density at radius 1 is 0.460 bits per heavy atom. The molecule has 1 N–H and O–H groups in total. The molecule has 0 aromatic heterocycles. The first-order valence-corrected chi connectivity index (χ1v) is 21.9. The molecule has 5 nitrogen and oxygen atoms in total. The van der Waals surface area contributed by atoms with Gasteiger partial charge in [0.2, 0.25) is 0 Å². The predicted molar refractivity (Wildman–Crippen MR) is 215 cm³/mol. The van der Waals surface area contributed by atoms with Crippen LogP contribution in [-0.4, -0.2) is 36.4 Å². The number of rotatable bonds is 40. The highest BCUT2D eigenvalue weighted by Gasteiger charge is 2.16. The van der Waals surface area contributed by atoms with Crippen molar-refractivity contribution in [2.24, 2.45) is 0 Å². The van der Waals surface area contributed by atoms with E-state index < -0.39 is 6.10 Å². The van der Waals surface area contributed by atoms with Crippen LogP contribution in [0.15, 0.2) is 24.3 Å². The van der Waals surface area contributed by atoms with Gasteiger partial charge in [-0.1, -0.05) is 205 Å². The maximum absolute atomic E-state index is 12.2. The molecule has 0 aromatic rings. The lowest BCUT2D eigenvalue weighted by molar-refractivity contribution is -0.161. The molecule has 0 radical (unpaired) electrons. The van der Waals surface area contributed by atoms with Crippen molar-refractivity contribution in [3.05, 3.63) is 24.3 Å². The average molecular weight is 705 g/mol. The maximum Gasteiger partial charge on any atom is 0.306 e. The van der Waals surface area contributed by atoms with E-state index >= 15 is 0 Å². The van der Waals surface area contributed by atoms with E-state index in [4.69, 9.17) is 9.47 Å². The van der Waals surface area contributed by atoms with E-state index in [1.54, 1.807) is 0 Å². The van der Waals surface area contributed by atoms with Gasteiger partial charge in [-0.05, 0) is 38.5 Å². The molecule has 0 saturated heterocycles. The Morgan fingerprint density at radius 2 is 0.820 bits per heavy atom. The minimum absolute atomic E-state index is 0.0670. The molecule has 0 bridgehead atoms. The number of unbranched alkanes of at least 4 members (excludes halogenated alkanes) is 28. The molecule has 0 heterocycles. The number of aliphatic hydroxyl groups excluding tert-OH is 1. The highest BCUT2D eigenvalue weighted by molar-refractivity contribution is 5.70. The zero-order valence-corrected chi connectivity index (χ0v) is 33.4. The molecule has 0 rings (SSSR count). The van der Waals surface area contributed by atoms with Crippen LogP contribution >= 0.6 is 0 Å². The van der Waals surface area contributed by atoms with Gasteiger partial charge in [0.25, 0.3) is 0 Å². The van der Waals surface area contributed by atoms with Gasteiger partial charge < -0.3 is 14.6 Å². The van der Waals surface area contributed by atoms with Crippen LogP contribution in [0, 0.1) is 0 Å². The van der Waals surface area contributed by atoms with Gasteiger partial charge in [0.15, 0.2) is 6.10 Å². The largest absolute Gasteiger partial charge is 0.462 e. The molecule has 5 heteroatoms. The van der Waals surface area contributed by atoms with E-state index in [0.717, 1.165) is 51.4 Å². The fourth-order valence-corrected chi connectivity index (χ4v) is 6.40. The number of hydrogen-bond acceptors (Lipinski definition) is 5. The van der Waals surface area contributed by atoms with Crippen LogP contribution in [-0.2, 0) is 19.1 Å². The summed E-state index contributed by atoms with van der Waals surface area (Å²) in [4.78, 5) is 24.3. The van der Waals surface area contributed by atoms with Crippen LogP contribution in [0.4, 0.5) is 0 Å². The smallest absolute Gasteiger partial charge is 0.306 e. The fraction of sp³-hybridized carbons (Fsp3) is 0.867. The van der Waals surface area contributed by atoms with Gasteiger partial charge in [-0.15, -0.1) is 0 Å². The van der Waals surface area contributed by atoms with Gasteiger partial charge in [0.05, 0.1) is 6.61 Å². The molecule has 0 saturated carbocycles. The highest BCUT2D eigenvalue weighted by atomic mass is 16.6. The van der Waals surface area contributed by atoms with Crippen LogP contribution < -0.4 is 0 Å². The van der Waals surface area contributed by atoms with Crippen LogP contribution in [0.25, 0.3) is 0 Å². The van der Waals surface area contributed by atoms with Gasteiger partial charge >= 0.3 is 11.9 Å². The second-order valence-corrected chi connectivity index (χ2v) is 14.8. The van der Waals surface area contributed by atoms with E-state index in [-0.39, 0.29) is 25.2 Å². The first kappa shape index (κ1) is 48.4. The van der Waals surface area contributed by atoms with Crippen LogP contribution in [0.1, 0.15) is 232 Å². The number of allylic oxidation sites excluding steroid dienone is 4. The summed E-state index contributed by atoms with van der Waals surface area (Å²) in [5, 5.41) is 9.57. The van der Waals surface area contributed by atoms with Crippen molar-refractivity contribution < 1.29 is 24.2 Å². The number of carbonyl (C=O) groups is 2. The zero-order valence-electron chi connectivity index (χ0n) is 33.4. The summed E-state index contributed by atoms with van der Waals surface area (Å²) in [6.45, 7) is 4.11. The SMILES string of the molecule is CCCC/C=C/C/C=C/CCCCCCCC(=O)O[C@@H](CO)COC(=O)CCCCCCCCCCCCCCCCCCCCCCCC. The Morgan fingerprint density at radius 3 is 1.24 bits per heavy atom. The van der Waals surface area contributed by atoms with Crippen molar-refractivity contribution in [1.29, 1.82) is 0 Å². The van der Waals surface area contributed by atoms with Crippen molar-refractivity contribution >= 4 is 11.9 Å². The molecule has 0 fully saturated rings. The van der Waals surface area contributed by atoms with Gasteiger partial charge in [-0.3, -0.25) is 9.59 Å². The Kier molecular flexibility index (Phi) is 40.4. The van der Waals surface area contributed by atoms with Crippen molar-refractivity contribution in [2.75, 3.05) is 13.2 Å². The second kappa shape index (κ2) is 41.8. The quantitative estimate of drug-likeness (QED) is 0.0390. The molecule has 0 aliphatic carbocycles. The highest BCUT2D eigenvalue weighted by Crippen LogP contribution is 2.16. The zero-order chi connectivity index (χ0) is 36.4. The average Bonchev–Trinajstić information content (AvgIpc) is 3.12. The number of aliphatic hydroxyl groups is 1. The minimum Gasteiger partial charge on any atom is -0.462 e. The van der Waals surface area contributed by atoms with Crippen LogP contribution in [0.3, 0.4) is 0 Å². The second-order valence-electron chi connectivity index (χ2n) is 14.8. The molecule has 50 heavy (non-hydrogen) atoms. The first-order valence-electron chi connectivity index (χ1n) is 21.9. The van der Waals surface area contributed by atoms with Gasteiger partial charge in [-0.25, -0.2) is 0 Å². The number of esters is 2. The summed E-state index contributed by atoms with van der Waals surface area (Å²) in [7, 11) is 0. The monoisotopic (exact) mass is 705 g/mol. The molecule has 0 aromatic carbocycles. The third-order valence-electron chi connectivity index (χ3n) is 9.75. The lowest BCUT2D eigenvalue weighted by Crippen LogP contribution is -2.28. The van der Waals surface area contributed by atoms with E-state index in [9.17, 15) is 14.7 Å². The van der Waals surface area contributed by atoms with Gasteiger partial charge in [-0.2, -0.15) is 0 Å². The molecule has 294 valence electrons. The van der Waals surface area contributed by atoms with Crippen LogP contribution in [0.5, 0.6) is 0 Å². The minimum atomic E-state index is -0.774. The first-order chi connectivity index (χ1) is 24.6. The number of hydrogen-bond donors (Lipinski definition) is 1. The lowest BCUT2D eigenvalue weighted by atomic mass is 10.0. The summed E-state index contributed by atoms with van der Waals surface area (Å²) in [5.41, 5.74) is 0. The lowest BCUT2D eigenvalue weighted by Gasteiger charge is -2.15. The molecule has 0 amide bonds. The summed E-state index contributed by atoms with van der Waals surface area (Å²) < 4.78 is 10.6. The Balaban J connectivity index is 3.48. The molecular formula is C45H84O5. The molecule has 0 aliphatic heterocycles. The van der Waals surface area contributed by atoms with Crippen LogP contribution in [0.2, 0.25) is 0 Å². The summed E-state index contributed by atoms with van der Waals surface area (Å²) in [6.07, 6.45) is 49.7. The molecular weight excluding hydrogens is 620 g/mol. The number of carbonyl (C=O) groups excluding carboxylic acids is 2. The topological polar surface area (TPSA) is 72.8 Å². The third kappa shape index (κ3) is 39.2. The maximum atomic E-state index is 12.2. The third-order valence-corrected chi connectivity index (χ3v) is 9.75. The van der Waals surface area contributed by atoms with E-state index in [1.807, 2.05) is 0 Å². The Bertz CT molecular complexity index is 761. The fourth-order valence-electron chi connectivity index (χ4n) is 6.40. The Hall–Kier alpha value is -1.62. The molecule has 0 unspecified atom stereocenters. The van der Waals surface area contributed by atoms with E-state index in [2.05, 4.69) is 38.2 Å². The van der Waals surface area contributed by atoms with E-state index in [1.165, 1.54) is 154 Å². The molecule has 1 atom stereocenters. The number of ether oxygens (including phenoxy) is 2. The van der Waals surface area contributed by atoms with E-state index in [0.29, 0.717) is 12.8 Å². The summed E-state index contributed by atoms with van der Waals surface area (Å²) in [5.74, 6) is -0.597. The molecule has 0 spiro atoms. The standard InChI is InChI=1S/C45H84O5/c1-3-5-7-9-11-13-15-17-19-20-21-22-23-24-25-26-28-29-31-33-35-37-39-44(47)49-42-43(41-46)50-45(48)40-38-36-34-32-30-27-18-16-14-12-10-8-6-4-2/h10,12,16,18,43,46H,3-9,11,13-15,17,19-42H2,1-2H3/b12-10+,18-16+/t43-/m0/s1. The van der Waals surface area contributed by atoms with Gasteiger partial charge in [0.1, 0.15) is 6.61 Å². The molecule has 0 aliphatic rings. The van der Waals surface area contributed by atoms with Crippen molar-refractivity contribution in [2.45, 2.75) is 238 Å². The normalized spacial score (nSPS) is 12.3. The summed E-state index contributed by atoms with van der Waals surface area (Å²) >= 11 is 0. The Labute approximate surface area is 311 Å². The predicted octanol–water partition coefficient (Wildman–Crippen LogP) is 13.8. The van der Waals surface area contributed by atoms with Crippen molar-refractivity contribution in [3.63, 3.8) is 0 Å². The van der Waals surface area contributed by atoms with Gasteiger partial charge in [0, 0.05) is 12.8 Å². The van der Waals surface area contributed by atoms with Crippen molar-refractivity contribution in [3.8, 4) is 0 Å². The van der Waals surface area contributed by atoms with Crippen molar-refractivity contribution in [1.82, 2.24) is 0 Å². The summed E-state index contributed by atoms with van der Waals surface area (Å²) in [6, 6.07) is 0.